The van der Waals surface area contributed by atoms with Crippen LogP contribution in [0.1, 0.15) is 69.8 Å². The fourth-order valence-corrected chi connectivity index (χ4v) is 4.88. The molecular weight excluding hydrogens is 412 g/mol. The Morgan fingerprint density at radius 1 is 1.03 bits per heavy atom. The van der Waals surface area contributed by atoms with Crippen LogP contribution in [0.15, 0.2) is 24.3 Å². The first-order chi connectivity index (χ1) is 15.9. The number of aromatic amines is 1. The molecule has 1 aromatic heterocycles. The number of hydrogen-bond acceptors (Lipinski definition) is 4. The van der Waals surface area contributed by atoms with Gasteiger partial charge < -0.3 is 24.8 Å². The second kappa shape index (κ2) is 10.9. The van der Waals surface area contributed by atoms with Crippen molar-refractivity contribution in [2.75, 3.05) is 45.9 Å². The highest BCUT2D eigenvalue weighted by Crippen LogP contribution is 2.28. The van der Waals surface area contributed by atoms with Crippen LogP contribution in [-0.4, -0.2) is 72.6 Å². The lowest BCUT2D eigenvalue weighted by Crippen LogP contribution is -2.46. The molecule has 2 saturated heterocycles. The van der Waals surface area contributed by atoms with Crippen molar-refractivity contribution in [1.29, 1.82) is 0 Å². The van der Waals surface area contributed by atoms with Crippen molar-refractivity contribution >= 4 is 16.8 Å². The highest BCUT2D eigenvalue weighted by Gasteiger charge is 2.23. The summed E-state index contributed by atoms with van der Waals surface area (Å²) in [4.78, 5) is 21.4. The van der Waals surface area contributed by atoms with Gasteiger partial charge in [-0.2, -0.15) is 0 Å². The molecule has 0 radical (unpaired) electrons. The van der Waals surface area contributed by atoms with E-state index in [0.717, 1.165) is 49.1 Å². The molecule has 0 spiro atoms. The molecule has 0 bridgehead atoms. The monoisotopic (exact) mass is 454 g/mol. The van der Waals surface area contributed by atoms with E-state index in [1.807, 2.05) is 24.3 Å². The number of hydrogen-bond donors (Lipinski definition) is 2. The molecule has 2 aliphatic heterocycles. The van der Waals surface area contributed by atoms with Crippen LogP contribution in [0.5, 0.6) is 5.75 Å². The van der Waals surface area contributed by atoms with E-state index in [1.54, 1.807) is 0 Å². The number of aromatic nitrogens is 1. The van der Waals surface area contributed by atoms with E-state index in [1.165, 1.54) is 45.3 Å². The summed E-state index contributed by atoms with van der Waals surface area (Å²) in [5.74, 6) is 0.812. The molecule has 1 aromatic carbocycles. The summed E-state index contributed by atoms with van der Waals surface area (Å²) in [7, 11) is 0. The minimum Gasteiger partial charge on any atom is -0.492 e. The first-order valence-electron chi connectivity index (χ1n) is 12.9. The first kappa shape index (κ1) is 24.1. The zero-order valence-electron chi connectivity index (χ0n) is 20.8. The van der Waals surface area contributed by atoms with E-state index in [9.17, 15) is 4.79 Å². The maximum Gasteiger partial charge on any atom is 0.267 e. The second-order valence-corrected chi connectivity index (χ2v) is 11.1. The summed E-state index contributed by atoms with van der Waals surface area (Å²) in [6.07, 6.45) is 7.53. The van der Waals surface area contributed by atoms with Gasteiger partial charge in [-0.25, -0.2) is 0 Å². The van der Waals surface area contributed by atoms with Gasteiger partial charge in [-0.3, -0.25) is 4.79 Å². The maximum absolute atomic E-state index is 13.0. The van der Waals surface area contributed by atoms with Gasteiger partial charge in [0.1, 0.15) is 11.4 Å². The largest absolute Gasteiger partial charge is 0.492 e. The van der Waals surface area contributed by atoms with Crippen molar-refractivity contribution in [2.24, 2.45) is 5.41 Å². The number of fused-ring (bicyclic) bond motifs is 1. The number of likely N-dealkylation sites (tertiary alicyclic amines) is 2. The van der Waals surface area contributed by atoms with Crippen molar-refractivity contribution in [1.82, 2.24) is 20.1 Å². The number of benzene rings is 1. The lowest BCUT2D eigenvalue weighted by Gasteiger charge is -2.33. The summed E-state index contributed by atoms with van der Waals surface area (Å²) in [5.41, 5.74) is 1.64. The molecule has 4 rings (SSSR count). The van der Waals surface area contributed by atoms with Crippen LogP contribution in [0.2, 0.25) is 0 Å². The van der Waals surface area contributed by atoms with Crippen LogP contribution < -0.4 is 10.1 Å². The minimum atomic E-state index is -0.0176. The van der Waals surface area contributed by atoms with Crippen LogP contribution in [-0.2, 0) is 0 Å². The lowest BCUT2D eigenvalue weighted by atomic mass is 9.99. The molecule has 2 fully saturated rings. The van der Waals surface area contributed by atoms with Crippen LogP contribution in [0, 0.1) is 5.41 Å². The third-order valence-electron chi connectivity index (χ3n) is 6.88. The summed E-state index contributed by atoms with van der Waals surface area (Å²) >= 11 is 0. The first-order valence-corrected chi connectivity index (χ1v) is 12.9. The van der Waals surface area contributed by atoms with E-state index in [-0.39, 0.29) is 17.4 Å². The topological polar surface area (TPSA) is 60.6 Å². The fraction of sp³-hybridized carbons (Fsp3) is 0.667. The van der Waals surface area contributed by atoms with E-state index in [4.69, 9.17) is 4.74 Å². The molecule has 0 saturated carbocycles. The van der Waals surface area contributed by atoms with Crippen molar-refractivity contribution in [2.45, 2.75) is 65.3 Å². The number of amides is 1. The predicted octanol–water partition coefficient (Wildman–Crippen LogP) is 4.66. The summed E-state index contributed by atoms with van der Waals surface area (Å²) in [5, 5.41) is 4.23. The van der Waals surface area contributed by atoms with Gasteiger partial charge in [0.2, 0.25) is 0 Å². The van der Waals surface area contributed by atoms with Gasteiger partial charge >= 0.3 is 0 Å². The highest BCUT2D eigenvalue weighted by atomic mass is 16.5. The Labute approximate surface area is 199 Å². The van der Waals surface area contributed by atoms with Gasteiger partial charge in [0.05, 0.1) is 6.61 Å². The number of carbonyl (C=O) groups excluding carboxylic acids is 1. The van der Waals surface area contributed by atoms with Gasteiger partial charge in [-0.1, -0.05) is 39.7 Å². The van der Waals surface area contributed by atoms with Crippen LogP contribution in [0.4, 0.5) is 0 Å². The Balaban J connectivity index is 1.26. The zero-order valence-corrected chi connectivity index (χ0v) is 20.8. The second-order valence-electron chi connectivity index (χ2n) is 11.1. The van der Waals surface area contributed by atoms with E-state index < -0.39 is 0 Å². The molecule has 182 valence electrons. The Morgan fingerprint density at radius 3 is 2.36 bits per heavy atom. The zero-order chi connectivity index (χ0) is 23.3. The Kier molecular flexibility index (Phi) is 7.97. The van der Waals surface area contributed by atoms with Crippen LogP contribution in [0.25, 0.3) is 10.9 Å². The number of H-pyrrole nitrogens is 1. The van der Waals surface area contributed by atoms with Crippen molar-refractivity contribution in [3.05, 3.63) is 30.0 Å². The SMILES string of the molecule is CC(C)(C)COc1cccc2[nH]c(C(=O)NC3CCN(CCN4CCCCCC4)CC3)cc12. The van der Waals surface area contributed by atoms with Gasteiger partial charge in [-0.15, -0.1) is 0 Å². The number of piperidine rings is 1. The fourth-order valence-electron chi connectivity index (χ4n) is 4.88. The average molecular weight is 455 g/mol. The quantitative estimate of drug-likeness (QED) is 0.639. The number of nitrogens with one attached hydrogen (secondary N) is 2. The Morgan fingerprint density at radius 2 is 1.70 bits per heavy atom. The average Bonchev–Trinajstić information content (AvgIpc) is 3.06. The molecule has 33 heavy (non-hydrogen) atoms. The van der Waals surface area contributed by atoms with Crippen LogP contribution >= 0.6 is 0 Å². The third-order valence-corrected chi connectivity index (χ3v) is 6.88. The standard InChI is InChI=1S/C27H42N4O2/c1-27(2,3)20-33-25-10-8-9-23-22(25)19-24(29-23)26(32)28-21-11-15-31(16-12-21)18-17-30-13-6-4-5-7-14-30/h8-10,19,21,29H,4-7,11-18,20H2,1-3H3,(H,28,32). The van der Waals surface area contributed by atoms with Gasteiger partial charge in [0.15, 0.2) is 0 Å². The molecule has 6 nitrogen and oxygen atoms in total. The molecular formula is C27H42N4O2. The number of ether oxygens (including phenoxy) is 1. The summed E-state index contributed by atoms with van der Waals surface area (Å²) < 4.78 is 6.05. The Bertz CT molecular complexity index is 900. The maximum atomic E-state index is 13.0. The number of carbonyl (C=O) groups is 1. The molecule has 2 aliphatic rings. The van der Waals surface area contributed by atoms with Crippen molar-refractivity contribution in [3.63, 3.8) is 0 Å². The van der Waals surface area contributed by atoms with Crippen molar-refractivity contribution in [3.8, 4) is 5.75 Å². The molecule has 0 unspecified atom stereocenters. The third kappa shape index (κ3) is 6.97. The normalized spacial score (nSPS) is 19.5. The molecule has 6 heteroatoms. The van der Waals surface area contributed by atoms with Gasteiger partial charge in [0, 0.05) is 43.1 Å². The van der Waals surface area contributed by atoms with E-state index >= 15 is 0 Å². The molecule has 0 aliphatic carbocycles. The Hall–Kier alpha value is -2.05. The highest BCUT2D eigenvalue weighted by molar-refractivity contribution is 5.99. The van der Waals surface area contributed by atoms with Crippen molar-refractivity contribution < 1.29 is 9.53 Å². The number of rotatable bonds is 7. The molecule has 1 amide bonds. The summed E-state index contributed by atoms with van der Waals surface area (Å²) in [6, 6.07) is 8.12. The lowest BCUT2D eigenvalue weighted by molar-refractivity contribution is 0.0902. The van der Waals surface area contributed by atoms with E-state index in [0.29, 0.717) is 12.3 Å². The van der Waals surface area contributed by atoms with Crippen LogP contribution in [0.3, 0.4) is 0 Å². The predicted molar refractivity (Wildman–Crippen MR) is 135 cm³/mol. The smallest absolute Gasteiger partial charge is 0.267 e. The molecule has 2 aromatic rings. The molecule has 3 heterocycles. The number of nitrogens with zero attached hydrogens (tertiary/aromatic N) is 2. The van der Waals surface area contributed by atoms with Gasteiger partial charge in [0.25, 0.3) is 5.91 Å². The molecule has 0 atom stereocenters. The van der Waals surface area contributed by atoms with Gasteiger partial charge in [-0.05, 0) is 62.4 Å². The minimum absolute atomic E-state index is 0.0176. The summed E-state index contributed by atoms with van der Waals surface area (Å²) in [6.45, 7) is 14.1. The van der Waals surface area contributed by atoms with E-state index in [2.05, 4.69) is 40.9 Å². The molecule has 2 N–H and O–H groups in total.